The second-order valence-corrected chi connectivity index (χ2v) is 2.71. The number of methoxy groups -OCH3 is 1. The van der Waals surface area contributed by atoms with Crippen LogP contribution >= 0.6 is 0 Å². The molecule has 84 valence electrons. The first-order valence-electron chi connectivity index (χ1n) is 4.59. The summed E-state index contributed by atoms with van der Waals surface area (Å²) in [6, 6.07) is 1.75. The quantitative estimate of drug-likeness (QED) is 0.425. The minimum Gasteiger partial charge on any atom is -0.494 e. The van der Waals surface area contributed by atoms with Crippen LogP contribution in [0, 0.1) is 11.3 Å². The molecule has 1 rings (SSSR count). The Morgan fingerprint density at radius 3 is 2.88 bits per heavy atom. The molecule has 0 spiro atoms. The first-order valence-corrected chi connectivity index (χ1v) is 4.59. The Balaban J connectivity index is 2.90. The maximum atomic E-state index is 11.4. The molecule has 6 nitrogen and oxygen atoms in total. The van der Waals surface area contributed by atoms with Gasteiger partial charge in [0, 0.05) is 6.20 Å². The van der Waals surface area contributed by atoms with E-state index in [1.807, 2.05) is 0 Å². The Bertz CT molecular complexity index is 416. The summed E-state index contributed by atoms with van der Waals surface area (Å²) in [4.78, 5) is 15.2. The van der Waals surface area contributed by atoms with Gasteiger partial charge in [-0.05, 0) is 6.92 Å². The van der Waals surface area contributed by atoms with Crippen molar-refractivity contribution in [2.45, 2.75) is 6.92 Å². The van der Waals surface area contributed by atoms with Crippen LogP contribution in [0.5, 0.6) is 0 Å². The normalized spacial score (nSPS) is 16.7. The van der Waals surface area contributed by atoms with Crippen LogP contribution in [0.15, 0.2) is 28.3 Å². The molecule has 0 aliphatic carbocycles. The maximum Gasteiger partial charge on any atom is 0.352 e. The summed E-state index contributed by atoms with van der Waals surface area (Å²) < 4.78 is 9.60. The van der Waals surface area contributed by atoms with Crippen molar-refractivity contribution in [1.29, 1.82) is 5.26 Å². The van der Waals surface area contributed by atoms with Gasteiger partial charge in [-0.1, -0.05) is 0 Å². The summed E-state index contributed by atoms with van der Waals surface area (Å²) in [5, 5.41) is 11.5. The molecule has 0 radical (unpaired) electrons. The van der Waals surface area contributed by atoms with E-state index in [0.29, 0.717) is 5.76 Å². The van der Waals surface area contributed by atoms with Crippen LogP contribution in [0.1, 0.15) is 6.92 Å². The third-order valence-electron chi connectivity index (χ3n) is 1.74. The van der Waals surface area contributed by atoms with E-state index in [9.17, 15) is 4.79 Å². The lowest BCUT2D eigenvalue weighted by atomic mass is 10.3. The van der Waals surface area contributed by atoms with Gasteiger partial charge in [-0.3, -0.25) is 0 Å². The third-order valence-corrected chi connectivity index (χ3v) is 1.74. The van der Waals surface area contributed by atoms with E-state index in [1.165, 1.54) is 19.5 Å². The number of hydrogen-bond acceptors (Lipinski definition) is 6. The largest absolute Gasteiger partial charge is 0.494 e. The number of hydrogen-bond donors (Lipinski definition) is 1. The van der Waals surface area contributed by atoms with Crippen molar-refractivity contribution in [3.8, 4) is 6.07 Å². The second-order valence-electron chi connectivity index (χ2n) is 2.71. The fraction of sp³-hybridized carbons (Fsp3) is 0.300. The van der Waals surface area contributed by atoms with E-state index in [2.05, 4.69) is 10.3 Å². The minimum absolute atomic E-state index is 0.154. The average Bonchev–Trinajstić information content (AvgIpc) is 2.31. The van der Waals surface area contributed by atoms with Crippen molar-refractivity contribution in [1.82, 2.24) is 5.32 Å². The monoisotopic (exact) mass is 221 g/mol. The molecule has 6 heteroatoms. The molecular weight excluding hydrogens is 210 g/mol. The highest BCUT2D eigenvalue weighted by Crippen LogP contribution is 2.09. The summed E-state index contributed by atoms with van der Waals surface area (Å²) in [6.07, 6.45) is 2.90. The van der Waals surface area contributed by atoms with Crippen molar-refractivity contribution >= 4 is 12.2 Å². The van der Waals surface area contributed by atoms with E-state index in [-0.39, 0.29) is 18.0 Å². The molecule has 1 aliphatic rings. The predicted molar refractivity (Wildman–Crippen MR) is 56.0 cm³/mol. The number of carbonyl (C=O) groups is 1. The summed E-state index contributed by atoms with van der Waals surface area (Å²) in [7, 11) is 1.49. The van der Waals surface area contributed by atoms with Gasteiger partial charge in [0.2, 0.25) is 0 Å². The molecule has 0 aromatic carbocycles. The molecule has 0 unspecified atom stereocenters. The number of nitriles is 1. The Morgan fingerprint density at radius 1 is 1.69 bits per heavy atom. The van der Waals surface area contributed by atoms with Crippen LogP contribution in [0.3, 0.4) is 0 Å². The van der Waals surface area contributed by atoms with Gasteiger partial charge >= 0.3 is 5.97 Å². The molecule has 1 N–H and O–H groups in total. The number of aliphatic imine (C=N–C) groups is 1. The van der Waals surface area contributed by atoms with Gasteiger partial charge in [-0.2, -0.15) is 5.26 Å². The first kappa shape index (κ1) is 11.8. The standard InChI is InChI=1S/C10H11N3O3/c1-3-16-10(14)8(4-11)9-12-5-7(15-2)6-13-9/h5-6,12H,3H2,1-2H3. The first-order chi connectivity index (χ1) is 7.72. The summed E-state index contributed by atoms with van der Waals surface area (Å²) in [5.74, 6) is -0.0365. The molecule has 16 heavy (non-hydrogen) atoms. The zero-order valence-electron chi connectivity index (χ0n) is 8.98. The molecule has 0 amide bonds. The third kappa shape index (κ3) is 2.60. The number of nitrogens with one attached hydrogen (secondary N) is 1. The van der Waals surface area contributed by atoms with E-state index in [4.69, 9.17) is 14.7 Å². The Morgan fingerprint density at radius 2 is 2.44 bits per heavy atom. The van der Waals surface area contributed by atoms with Gasteiger partial charge in [0.1, 0.15) is 6.07 Å². The van der Waals surface area contributed by atoms with Gasteiger partial charge in [0.25, 0.3) is 0 Å². The van der Waals surface area contributed by atoms with E-state index in [0.717, 1.165) is 0 Å². The zero-order valence-corrected chi connectivity index (χ0v) is 8.98. The van der Waals surface area contributed by atoms with Crippen molar-refractivity contribution in [3.05, 3.63) is 23.4 Å². The van der Waals surface area contributed by atoms with Gasteiger partial charge in [-0.25, -0.2) is 9.79 Å². The predicted octanol–water partition coefficient (Wildman–Crippen LogP) is 0.446. The second kappa shape index (κ2) is 5.56. The molecule has 0 saturated heterocycles. The van der Waals surface area contributed by atoms with Gasteiger partial charge in [0.15, 0.2) is 17.2 Å². The lowest BCUT2D eigenvalue weighted by Gasteiger charge is -2.10. The molecule has 0 atom stereocenters. The van der Waals surface area contributed by atoms with Crippen LogP contribution in [0.4, 0.5) is 0 Å². The molecule has 0 saturated carbocycles. The highest BCUT2D eigenvalue weighted by molar-refractivity contribution is 5.94. The van der Waals surface area contributed by atoms with Gasteiger partial charge in [0.05, 0.1) is 19.9 Å². The molecule has 1 heterocycles. The molecule has 0 fully saturated rings. The van der Waals surface area contributed by atoms with Crippen molar-refractivity contribution < 1.29 is 14.3 Å². The number of rotatable bonds is 3. The highest BCUT2D eigenvalue weighted by atomic mass is 16.5. The fourth-order valence-electron chi connectivity index (χ4n) is 0.989. The van der Waals surface area contributed by atoms with Gasteiger partial charge < -0.3 is 14.8 Å². The van der Waals surface area contributed by atoms with Crippen LogP contribution in [-0.4, -0.2) is 25.9 Å². The minimum atomic E-state index is -0.695. The Kier molecular flexibility index (Phi) is 4.09. The highest BCUT2D eigenvalue weighted by Gasteiger charge is 2.17. The smallest absolute Gasteiger partial charge is 0.352 e. The van der Waals surface area contributed by atoms with E-state index < -0.39 is 5.97 Å². The number of esters is 1. The number of ether oxygens (including phenoxy) is 2. The van der Waals surface area contributed by atoms with Crippen LogP contribution in [0.2, 0.25) is 0 Å². The average molecular weight is 221 g/mol. The van der Waals surface area contributed by atoms with Crippen molar-refractivity contribution in [3.63, 3.8) is 0 Å². The number of carbonyl (C=O) groups excluding carboxylic acids is 1. The maximum absolute atomic E-state index is 11.4. The lowest BCUT2D eigenvalue weighted by molar-refractivity contribution is -0.138. The molecule has 0 aromatic rings. The Labute approximate surface area is 92.9 Å². The number of allylic oxidation sites excluding steroid dienone is 1. The van der Waals surface area contributed by atoms with Crippen molar-refractivity contribution in [2.24, 2.45) is 4.99 Å². The van der Waals surface area contributed by atoms with Crippen LogP contribution in [0.25, 0.3) is 0 Å². The van der Waals surface area contributed by atoms with Crippen LogP contribution in [-0.2, 0) is 14.3 Å². The number of nitrogens with zero attached hydrogens (tertiary/aromatic N) is 2. The van der Waals surface area contributed by atoms with E-state index in [1.54, 1.807) is 13.0 Å². The molecule has 0 bridgehead atoms. The molecule has 1 aliphatic heterocycles. The van der Waals surface area contributed by atoms with Crippen molar-refractivity contribution in [2.75, 3.05) is 13.7 Å². The topological polar surface area (TPSA) is 83.7 Å². The molecule has 0 aromatic heterocycles. The lowest BCUT2D eigenvalue weighted by Crippen LogP contribution is -2.18. The summed E-state index contributed by atoms with van der Waals surface area (Å²) in [6.45, 7) is 1.87. The van der Waals surface area contributed by atoms with Crippen LogP contribution < -0.4 is 5.32 Å². The molecular formula is C10H11N3O3. The van der Waals surface area contributed by atoms with Gasteiger partial charge in [-0.15, -0.1) is 0 Å². The fourth-order valence-corrected chi connectivity index (χ4v) is 0.989. The SMILES string of the molecule is CCOC(=O)C(C#N)=C1N=CC(OC)=CN1. The Hall–Kier alpha value is -2.29. The van der Waals surface area contributed by atoms with E-state index >= 15 is 0 Å². The summed E-state index contributed by atoms with van der Waals surface area (Å²) >= 11 is 0. The summed E-state index contributed by atoms with van der Waals surface area (Å²) in [5.41, 5.74) is -0.162. The zero-order chi connectivity index (χ0) is 12.0.